The van der Waals surface area contributed by atoms with Crippen LogP contribution in [0.3, 0.4) is 0 Å². The number of hydrogen-bond acceptors (Lipinski definition) is 2. The third kappa shape index (κ3) is 7.66. The molecule has 0 aliphatic carbocycles. The van der Waals surface area contributed by atoms with Gasteiger partial charge in [0.1, 0.15) is 0 Å². The molecule has 0 amide bonds. The van der Waals surface area contributed by atoms with Gasteiger partial charge in [-0.25, -0.2) is 4.79 Å². The van der Waals surface area contributed by atoms with Crippen molar-refractivity contribution in [2.45, 2.75) is 58.3 Å². The Morgan fingerprint density at radius 3 is 2.11 bits per heavy atom. The first-order valence-corrected chi connectivity index (χ1v) is 7.56. The monoisotopic (exact) mass is 262 g/mol. The summed E-state index contributed by atoms with van der Waals surface area (Å²) in [5.41, 5.74) is 0.641. The second-order valence-corrected chi connectivity index (χ2v) is 4.98. The van der Waals surface area contributed by atoms with Crippen LogP contribution in [-0.4, -0.2) is 12.6 Å². The molecule has 1 aromatic rings. The van der Waals surface area contributed by atoms with E-state index in [2.05, 4.69) is 6.92 Å². The van der Waals surface area contributed by atoms with E-state index in [1.165, 1.54) is 38.5 Å². The fraction of sp³-hybridized carbons (Fsp3) is 0.588. The zero-order chi connectivity index (χ0) is 13.8. The summed E-state index contributed by atoms with van der Waals surface area (Å²) in [5, 5.41) is 0. The maximum Gasteiger partial charge on any atom is 0.338 e. The maximum absolute atomic E-state index is 11.6. The molecular formula is C17H26O2. The molecule has 2 nitrogen and oxygen atoms in total. The van der Waals surface area contributed by atoms with Crippen LogP contribution >= 0.6 is 0 Å². The highest BCUT2D eigenvalue weighted by Gasteiger charge is 2.04. The average molecular weight is 262 g/mol. The van der Waals surface area contributed by atoms with E-state index in [9.17, 15) is 4.79 Å². The van der Waals surface area contributed by atoms with Gasteiger partial charge in [-0.2, -0.15) is 0 Å². The summed E-state index contributed by atoms with van der Waals surface area (Å²) in [6, 6.07) is 9.18. The summed E-state index contributed by atoms with van der Waals surface area (Å²) in [5.74, 6) is -0.205. The lowest BCUT2D eigenvalue weighted by Crippen LogP contribution is -2.06. The van der Waals surface area contributed by atoms with E-state index in [1.54, 1.807) is 12.1 Å². The van der Waals surface area contributed by atoms with Gasteiger partial charge in [0.25, 0.3) is 0 Å². The maximum atomic E-state index is 11.6. The molecule has 2 heteroatoms. The Morgan fingerprint density at radius 2 is 1.47 bits per heavy atom. The van der Waals surface area contributed by atoms with Gasteiger partial charge in [-0.15, -0.1) is 0 Å². The van der Waals surface area contributed by atoms with Crippen LogP contribution in [0.25, 0.3) is 0 Å². The fourth-order valence-corrected chi connectivity index (χ4v) is 2.06. The quantitative estimate of drug-likeness (QED) is 0.439. The van der Waals surface area contributed by atoms with E-state index >= 15 is 0 Å². The highest BCUT2D eigenvalue weighted by Crippen LogP contribution is 2.09. The van der Waals surface area contributed by atoms with E-state index in [1.807, 2.05) is 18.2 Å². The molecule has 0 bridgehead atoms. The largest absolute Gasteiger partial charge is 0.462 e. The van der Waals surface area contributed by atoms with Crippen LogP contribution in [0.2, 0.25) is 0 Å². The molecule has 0 N–H and O–H groups in total. The van der Waals surface area contributed by atoms with Crippen LogP contribution in [0.4, 0.5) is 0 Å². The number of rotatable bonds is 10. The summed E-state index contributed by atoms with van der Waals surface area (Å²) in [7, 11) is 0. The Bertz CT molecular complexity index is 332. The lowest BCUT2D eigenvalue weighted by atomic mass is 10.1. The van der Waals surface area contributed by atoms with Crippen molar-refractivity contribution in [2.75, 3.05) is 6.61 Å². The van der Waals surface area contributed by atoms with Crippen LogP contribution in [-0.2, 0) is 4.74 Å². The van der Waals surface area contributed by atoms with Gasteiger partial charge in [-0.3, -0.25) is 0 Å². The van der Waals surface area contributed by atoms with Gasteiger partial charge >= 0.3 is 5.97 Å². The van der Waals surface area contributed by atoms with Crippen LogP contribution in [0.1, 0.15) is 68.6 Å². The van der Waals surface area contributed by atoms with Gasteiger partial charge in [0.2, 0.25) is 0 Å². The van der Waals surface area contributed by atoms with E-state index < -0.39 is 0 Å². The molecule has 0 atom stereocenters. The minimum Gasteiger partial charge on any atom is -0.462 e. The molecular weight excluding hydrogens is 236 g/mol. The lowest BCUT2D eigenvalue weighted by Gasteiger charge is -2.04. The summed E-state index contributed by atoms with van der Waals surface area (Å²) < 4.78 is 5.23. The molecule has 0 aliphatic heterocycles. The third-order valence-electron chi connectivity index (χ3n) is 3.24. The van der Waals surface area contributed by atoms with Crippen LogP contribution < -0.4 is 0 Å². The van der Waals surface area contributed by atoms with Crippen molar-refractivity contribution in [2.24, 2.45) is 0 Å². The molecule has 19 heavy (non-hydrogen) atoms. The molecule has 106 valence electrons. The van der Waals surface area contributed by atoms with Gasteiger partial charge in [0.15, 0.2) is 0 Å². The number of ether oxygens (including phenoxy) is 1. The van der Waals surface area contributed by atoms with Crippen molar-refractivity contribution in [1.82, 2.24) is 0 Å². The van der Waals surface area contributed by atoms with Crippen LogP contribution in [0.15, 0.2) is 30.3 Å². The SMILES string of the molecule is CCCCCCCCCCOC(=O)c1ccccc1. The van der Waals surface area contributed by atoms with Crippen molar-refractivity contribution >= 4 is 5.97 Å². The van der Waals surface area contributed by atoms with Crippen molar-refractivity contribution in [3.63, 3.8) is 0 Å². The number of carbonyl (C=O) groups is 1. The van der Waals surface area contributed by atoms with Gasteiger partial charge in [0, 0.05) is 0 Å². The van der Waals surface area contributed by atoms with E-state index in [4.69, 9.17) is 4.74 Å². The summed E-state index contributed by atoms with van der Waals surface area (Å²) in [6.45, 7) is 2.78. The second-order valence-electron chi connectivity index (χ2n) is 4.98. The van der Waals surface area contributed by atoms with E-state index in [0.717, 1.165) is 12.8 Å². The molecule has 0 spiro atoms. The Kier molecular flexibility index (Phi) is 8.78. The Labute approximate surface area is 117 Å². The van der Waals surface area contributed by atoms with Crippen molar-refractivity contribution in [1.29, 1.82) is 0 Å². The topological polar surface area (TPSA) is 26.3 Å². The molecule has 0 fully saturated rings. The Morgan fingerprint density at radius 1 is 0.895 bits per heavy atom. The lowest BCUT2D eigenvalue weighted by molar-refractivity contribution is 0.0497. The van der Waals surface area contributed by atoms with Crippen LogP contribution in [0, 0.1) is 0 Å². The first-order chi connectivity index (χ1) is 9.34. The third-order valence-corrected chi connectivity index (χ3v) is 3.24. The van der Waals surface area contributed by atoms with Crippen molar-refractivity contribution in [3.05, 3.63) is 35.9 Å². The zero-order valence-corrected chi connectivity index (χ0v) is 12.1. The predicted molar refractivity (Wildman–Crippen MR) is 79.3 cm³/mol. The molecule has 1 rings (SSSR count). The van der Waals surface area contributed by atoms with Gasteiger partial charge in [-0.1, -0.05) is 70.1 Å². The Balaban J connectivity index is 1.95. The normalized spacial score (nSPS) is 10.4. The molecule has 0 radical (unpaired) electrons. The summed E-state index contributed by atoms with van der Waals surface area (Å²) >= 11 is 0. The van der Waals surface area contributed by atoms with Crippen molar-refractivity contribution in [3.8, 4) is 0 Å². The smallest absolute Gasteiger partial charge is 0.338 e. The molecule has 0 unspecified atom stereocenters. The number of esters is 1. The summed E-state index contributed by atoms with van der Waals surface area (Å²) in [4.78, 5) is 11.6. The zero-order valence-electron chi connectivity index (χ0n) is 12.1. The molecule has 0 aromatic heterocycles. The van der Waals surface area contributed by atoms with Crippen molar-refractivity contribution < 1.29 is 9.53 Å². The number of benzene rings is 1. The number of carbonyl (C=O) groups excluding carboxylic acids is 1. The molecule has 0 saturated heterocycles. The highest BCUT2D eigenvalue weighted by molar-refractivity contribution is 5.89. The second kappa shape index (κ2) is 10.6. The molecule has 0 heterocycles. The first-order valence-electron chi connectivity index (χ1n) is 7.56. The van der Waals surface area contributed by atoms with E-state index in [0.29, 0.717) is 12.2 Å². The molecule has 0 saturated carbocycles. The minimum atomic E-state index is -0.205. The van der Waals surface area contributed by atoms with Gasteiger partial charge < -0.3 is 4.74 Å². The van der Waals surface area contributed by atoms with Crippen LogP contribution in [0.5, 0.6) is 0 Å². The number of unbranched alkanes of at least 4 members (excludes halogenated alkanes) is 7. The standard InChI is InChI=1S/C17H26O2/c1-2-3-4-5-6-7-8-12-15-19-17(18)16-13-10-9-11-14-16/h9-11,13-14H,2-8,12,15H2,1H3. The summed E-state index contributed by atoms with van der Waals surface area (Å²) in [6.07, 6.45) is 10.1. The number of hydrogen-bond donors (Lipinski definition) is 0. The van der Waals surface area contributed by atoms with Gasteiger partial charge in [0.05, 0.1) is 12.2 Å². The molecule has 0 aliphatic rings. The highest BCUT2D eigenvalue weighted by atomic mass is 16.5. The molecule has 1 aromatic carbocycles. The minimum absolute atomic E-state index is 0.205. The fourth-order valence-electron chi connectivity index (χ4n) is 2.06. The average Bonchev–Trinajstić information content (AvgIpc) is 2.46. The van der Waals surface area contributed by atoms with E-state index in [-0.39, 0.29) is 5.97 Å². The first kappa shape index (κ1) is 15.7. The van der Waals surface area contributed by atoms with Gasteiger partial charge in [-0.05, 0) is 18.6 Å². The Hall–Kier alpha value is -1.31. The predicted octanol–water partition coefficient (Wildman–Crippen LogP) is 4.98.